The Balaban J connectivity index is 1.84. The lowest BCUT2D eigenvalue weighted by Crippen LogP contribution is -2.23. The third-order valence-electron chi connectivity index (χ3n) is 2.81. The van der Waals surface area contributed by atoms with Crippen molar-refractivity contribution >= 4 is 0 Å². The van der Waals surface area contributed by atoms with Crippen LogP contribution in [-0.2, 0) is 4.74 Å². The monoisotopic (exact) mass is 222 g/mol. The van der Waals surface area contributed by atoms with E-state index in [1.807, 2.05) is 6.07 Å². The quantitative estimate of drug-likeness (QED) is 0.854. The number of aromatic hydroxyl groups is 1. The summed E-state index contributed by atoms with van der Waals surface area (Å²) in [5.41, 5.74) is -0.0210. The van der Waals surface area contributed by atoms with Crippen molar-refractivity contribution in [2.24, 2.45) is 0 Å². The second-order valence-corrected chi connectivity index (χ2v) is 4.85. The van der Waals surface area contributed by atoms with Gasteiger partial charge in [0.05, 0.1) is 11.7 Å². The van der Waals surface area contributed by atoms with Gasteiger partial charge < -0.3 is 14.6 Å². The fourth-order valence-corrected chi connectivity index (χ4v) is 1.96. The fourth-order valence-electron chi connectivity index (χ4n) is 1.96. The Morgan fingerprint density at radius 3 is 2.94 bits per heavy atom. The van der Waals surface area contributed by atoms with Gasteiger partial charge in [-0.2, -0.15) is 0 Å². The van der Waals surface area contributed by atoms with Gasteiger partial charge in [-0.25, -0.2) is 0 Å². The predicted molar refractivity (Wildman–Crippen MR) is 61.8 cm³/mol. The minimum absolute atomic E-state index is 0.0210. The van der Waals surface area contributed by atoms with Gasteiger partial charge in [-0.1, -0.05) is 6.07 Å². The number of ether oxygens (including phenoxy) is 2. The van der Waals surface area contributed by atoms with Crippen molar-refractivity contribution in [3.63, 3.8) is 0 Å². The molecule has 1 N–H and O–H groups in total. The Morgan fingerprint density at radius 1 is 1.50 bits per heavy atom. The molecule has 0 saturated carbocycles. The number of hydrogen-bond acceptors (Lipinski definition) is 3. The number of hydrogen-bond donors (Lipinski definition) is 1. The van der Waals surface area contributed by atoms with Crippen molar-refractivity contribution in [2.75, 3.05) is 6.61 Å². The molecular formula is C13H18O3. The van der Waals surface area contributed by atoms with Crippen molar-refractivity contribution < 1.29 is 14.6 Å². The molecule has 16 heavy (non-hydrogen) atoms. The lowest BCUT2D eigenvalue weighted by Gasteiger charge is -2.19. The molecule has 3 nitrogen and oxygen atoms in total. The van der Waals surface area contributed by atoms with Gasteiger partial charge in [0.25, 0.3) is 0 Å². The van der Waals surface area contributed by atoms with Crippen LogP contribution in [0.4, 0.5) is 0 Å². The average molecular weight is 222 g/mol. The molecular weight excluding hydrogens is 204 g/mol. The fraction of sp³-hybridized carbons (Fsp3) is 0.538. The summed E-state index contributed by atoms with van der Waals surface area (Å²) in [5, 5.41) is 9.28. The van der Waals surface area contributed by atoms with E-state index < -0.39 is 0 Å². The Bertz CT molecular complexity index is 360. The van der Waals surface area contributed by atoms with Crippen LogP contribution in [-0.4, -0.2) is 23.4 Å². The standard InChI is InChI=1S/C13H18O3/c1-13(2)7-6-12(16-13)9-15-11-5-3-4-10(14)8-11/h3-5,8,12,14H,6-7,9H2,1-2H3. The molecule has 1 aromatic carbocycles. The largest absolute Gasteiger partial charge is 0.508 e. The summed E-state index contributed by atoms with van der Waals surface area (Å²) in [4.78, 5) is 0. The molecule has 1 atom stereocenters. The van der Waals surface area contributed by atoms with E-state index in [-0.39, 0.29) is 17.5 Å². The summed E-state index contributed by atoms with van der Waals surface area (Å²) in [7, 11) is 0. The third-order valence-corrected chi connectivity index (χ3v) is 2.81. The number of benzene rings is 1. The SMILES string of the molecule is CC1(C)CCC(COc2cccc(O)c2)O1. The molecule has 0 aliphatic carbocycles. The smallest absolute Gasteiger partial charge is 0.123 e. The van der Waals surface area contributed by atoms with Crippen LogP contribution in [0.25, 0.3) is 0 Å². The molecule has 0 spiro atoms. The van der Waals surface area contributed by atoms with Gasteiger partial charge in [0.1, 0.15) is 18.1 Å². The normalized spacial score (nSPS) is 23.2. The Hall–Kier alpha value is -1.22. The van der Waals surface area contributed by atoms with Gasteiger partial charge in [0, 0.05) is 6.07 Å². The van der Waals surface area contributed by atoms with Gasteiger partial charge in [0.2, 0.25) is 0 Å². The van der Waals surface area contributed by atoms with E-state index in [4.69, 9.17) is 9.47 Å². The minimum atomic E-state index is -0.0210. The van der Waals surface area contributed by atoms with Crippen molar-refractivity contribution in [3.8, 4) is 11.5 Å². The summed E-state index contributed by atoms with van der Waals surface area (Å²) >= 11 is 0. The van der Waals surface area contributed by atoms with Crippen LogP contribution < -0.4 is 4.74 Å². The average Bonchev–Trinajstić information content (AvgIpc) is 2.56. The molecule has 2 rings (SSSR count). The molecule has 3 heteroatoms. The van der Waals surface area contributed by atoms with E-state index in [1.165, 1.54) is 0 Å². The first-order valence-corrected chi connectivity index (χ1v) is 5.65. The highest BCUT2D eigenvalue weighted by Crippen LogP contribution is 2.29. The molecule has 1 aromatic rings. The van der Waals surface area contributed by atoms with Crippen LogP contribution in [0.2, 0.25) is 0 Å². The van der Waals surface area contributed by atoms with Crippen molar-refractivity contribution in [3.05, 3.63) is 24.3 Å². The lowest BCUT2D eigenvalue weighted by atomic mass is 10.1. The number of phenols is 1. The molecule has 0 aromatic heterocycles. The Kier molecular flexibility index (Phi) is 3.06. The van der Waals surface area contributed by atoms with E-state index in [9.17, 15) is 5.11 Å². The van der Waals surface area contributed by atoms with Gasteiger partial charge in [-0.05, 0) is 38.8 Å². The van der Waals surface area contributed by atoms with E-state index in [0.717, 1.165) is 12.8 Å². The second-order valence-electron chi connectivity index (χ2n) is 4.85. The maximum Gasteiger partial charge on any atom is 0.123 e. The first kappa shape index (κ1) is 11.3. The zero-order valence-electron chi connectivity index (χ0n) is 9.77. The molecule has 1 fully saturated rings. The van der Waals surface area contributed by atoms with Crippen LogP contribution in [0, 0.1) is 0 Å². The molecule has 1 unspecified atom stereocenters. The maximum absolute atomic E-state index is 9.28. The van der Waals surface area contributed by atoms with Crippen molar-refractivity contribution in [2.45, 2.75) is 38.4 Å². The second kappa shape index (κ2) is 4.34. The number of phenolic OH excluding ortho intramolecular Hbond substituents is 1. The van der Waals surface area contributed by atoms with Crippen LogP contribution >= 0.6 is 0 Å². The van der Waals surface area contributed by atoms with Gasteiger partial charge in [-0.15, -0.1) is 0 Å². The topological polar surface area (TPSA) is 38.7 Å². The van der Waals surface area contributed by atoms with E-state index in [0.29, 0.717) is 12.4 Å². The lowest BCUT2D eigenvalue weighted by molar-refractivity contribution is -0.0326. The molecule has 0 radical (unpaired) electrons. The van der Waals surface area contributed by atoms with Gasteiger partial charge in [0.15, 0.2) is 0 Å². The molecule has 88 valence electrons. The van der Waals surface area contributed by atoms with E-state index >= 15 is 0 Å². The predicted octanol–water partition coefficient (Wildman–Crippen LogP) is 2.73. The van der Waals surface area contributed by atoms with Crippen LogP contribution in [0.15, 0.2) is 24.3 Å². The maximum atomic E-state index is 9.28. The summed E-state index contributed by atoms with van der Waals surface area (Å²) in [5.74, 6) is 0.915. The van der Waals surface area contributed by atoms with Crippen LogP contribution in [0.3, 0.4) is 0 Å². The highest BCUT2D eigenvalue weighted by Gasteiger charge is 2.31. The van der Waals surface area contributed by atoms with Crippen molar-refractivity contribution in [1.82, 2.24) is 0 Å². The number of rotatable bonds is 3. The molecule has 1 heterocycles. The summed E-state index contributed by atoms with van der Waals surface area (Å²) in [6.45, 7) is 4.75. The van der Waals surface area contributed by atoms with Gasteiger partial charge >= 0.3 is 0 Å². The zero-order chi connectivity index (χ0) is 11.6. The highest BCUT2D eigenvalue weighted by molar-refractivity contribution is 5.31. The molecule has 1 aliphatic rings. The zero-order valence-corrected chi connectivity index (χ0v) is 9.77. The van der Waals surface area contributed by atoms with Crippen LogP contribution in [0.5, 0.6) is 11.5 Å². The van der Waals surface area contributed by atoms with E-state index in [1.54, 1.807) is 18.2 Å². The molecule has 0 amide bonds. The molecule has 0 bridgehead atoms. The third kappa shape index (κ3) is 2.89. The minimum Gasteiger partial charge on any atom is -0.508 e. The summed E-state index contributed by atoms with van der Waals surface area (Å²) in [6, 6.07) is 6.84. The highest BCUT2D eigenvalue weighted by atomic mass is 16.6. The summed E-state index contributed by atoms with van der Waals surface area (Å²) < 4.78 is 11.4. The molecule has 1 aliphatic heterocycles. The summed E-state index contributed by atoms with van der Waals surface area (Å²) in [6.07, 6.45) is 2.27. The first-order valence-electron chi connectivity index (χ1n) is 5.65. The Labute approximate surface area is 96.0 Å². The first-order chi connectivity index (χ1) is 7.55. The molecule has 1 saturated heterocycles. The van der Waals surface area contributed by atoms with Gasteiger partial charge in [-0.3, -0.25) is 0 Å². The Morgan fingerprint density at radius 2 is 2.31 bits per heavy atom. The van der Waals surface area contributed by atoms with Crippen molar-refractivity contribution in [1.29, 1.82) is 0 Å². The van der Waals surface area contributed by atoms with Crippen LogP contribution in [0.1, 0.15) is 26.7 Å². The van der Waals surface area contributed by atoms with E-state index in [2.05, 4.69) is 13.8 Å².